The van der Waals surface area contributed by atoms with Gasteiger partial charge in [0.1, 0.15) is 11.6 Å². The molecule has 1 unspecified atom stereocenters. The molecular weight excluding hydrogens is 546 g/mol. The summed E-state index contributed by atoms with van der Waals surface area (Å²) in [4.78, 5) is 10.5. The molecule has 1 aromatic carbocycles. The fourth-order valence-electron chi connectivity index (χ4n) is 3.35. The molecule has 0 aliphatic carbocycles. The summed E-state index contributed by atoms with van der Waals surface area (Å²) in [6.45, 7) is 1.40. The molecule has 1 aromatic heterocycles. The van der Waals surface area contributed by atoms with Gasteiger partial charge >= 0.3 is 6.18 Å². The molecular formula is C20H24ClF3IN5O. The average molecular weight is 570 g/mol. The number of nitrogens with zero attached hydrogens (tertiary/aromatic N) is 3. The molecule has 0 saturated carbocycles. The number of alkyl halides is 3. The zero-order chi connectivity index (χ0) is 21.7. The van der Waals surface area contributed by atoms with Crippen molar-refractivity contribution in [3.8, 4) is 5.75 Å². The Labute approximate surface area is 201 Å². The Bertz CT molecular complexity index is 913. The fraction of sp³-hybridized carbons (Fsp3) is 0.400. The topological polar surface area (TPSA) is 61.8 Å². The minimum absolute atomic E-state index is 0. The Morgan fingerprint density at radius 1 is 1.35 bits per heavy atom. The van der Waals surface area contributed by atoms with Gasteiger partial charge in [-0.2, -0.15) is 13.2 Å². The van der Waals surface area contributed by atoms with E-state index in [1.807, 2.05) is 0 Å². The molecule has 2 aromatic rings. The molecule has 1 aliphatic heterocycles. The van der Waals surface area contributed by atoms with E-state index in [9.17, 15) is 13.2 Å². The molecule has 0 bridgehead atoms. The Kier molecular flexibility index (Phi) is 9.04. The van der Waals surface area contributed by atoms with Gasteiger partial charge in [0.15, 0.2) is 5.96 Å². The summed E-state index contributed by atoms with van der Waals surface area (Å²) in [6, 6.07) is 7.54. The van der Waals surface area contributed by atoms with E-state index in [1.54, 1.807) is 25.4 Å². The maximum Gasteiger partial charge on any atom is 0.416 e. The van der Waals surface area contributed by atoms with Crippen molar-refractivity contribution in [2.45, 2.75) is 25.2 Å². The molecule has 0 spiro atoms. The first kappa shape index (κ1) is 25.3. The molecule has 0 radical (unpaired) electrons. The highest BCUT2D eigenvalue weighted by molar-refractivity contribution is 14.0. The maximum absolute atomic E-state index is 13.4. The van der Waals surface area contributed by atoms with Crippen LogP contribution in [0.1, 0.15) is 17.5 Å². The van der Waals surface area contributed by atoms with Crippen LogP contribution in [0.4, 0.5) is 19.0 Å². The number of anilines is 1. The average Bonchev–Trinajstić information content (AvgIpc) is 3.19. The van der Waals surface area contributed by atoms with Crippen molar-refractivity contribution < 1.29 is 17.9 Å². The second-order valence-electron chi connectivity index (χ2n) is 6.83. The van der Waals surface area contributed by atoms with E-state index in [-0.39, 0.29) is 47.9 Å². The van der Waals surface area contributed by atoms with Gasteiger partial charge in [-0.15, -0.1) is 24.0 Å². The highest BCUT2D eigenvalue weighted by atomic mass is 127. The van der Waals surface area contributed by atoms with E-state index in [0.717, 1.165) is 24.8 Å². The molecule has 11 heteroatoms. The number of halogens is 5. The summed E-state index contributed by atoms with van der Waals surface area (Å²) in [7, 11) is 2.92. The van der Waals surface area contributed by atoms with Crippen molar-refractivity contribution in [1.82, 2.24) is 15.6 Å². The summed E-state index contributed by atoms with van der Waals surface area (Å²) in [6.07, 6.45) is -1.96. The lowest BCUT2D eigenvalue weighted by molar-refractivity contribution is -0.138. The summed E-state index contributed by atoms with van der Waals surface area (Å²) < 4.78 is 45.1. The van der Waals surface area contributed by atoms with Crippen LogP contribution in [0.25, 0.3) is 0 Å². The summed E-state index contributed by atoms with van der Waals surface area (Å²) >= 11 is 6.21. The first-order valence-corrected chi connectivity index (χ1v) is 9.76. The number of hydrogen-bond donors (Lipinski definition) is 2. The summed E-state index contributed by atoms with van der Waals surface area (Å²) in [5.74, 6) is 1.31. The van der Waals surface area contributed by atoms with E-state index in [4.69, 9.17) is 16.3 Å². The SMILES string of the molecule is CN=C(NCc1ccc(OC)cc1C(F)(F)F)NC1CCN(c2ncccc2Cl)C1.I. The fourth-order valence-corrected chi connectivity index (χ4v) is 3.59. The predicted octanol–water partition coefficient (Wildman–Crippen LogP) is 4.32. The maximum atomic E-state index is 13.4. The molecule has 1 atom stereocenters. The van der Waals surface area contributed by atoms with Crippen molar-refractivity contribution in [2.24, 2.45) is 4.99 Å². The van der Waals surface area contributed by atoms with Crippen LogP contribution in [0, 0.1) is 0 Å². The number of nitrogens with one attached hydrogen (secondary N) is 2. The van der Waals surface area contributed by atoms with Crippen LogP contribution in [0.15, 0.2) is 41.5 Å². The van der Waals surface area contributed by atoms with Gasteiger partial charge in [0, 0.05) is 38.9 Å². The standard InChI is InChI=1S/C20H23ClF3N5O.HI/c1-25-19(27-11-13-5-6-15(30-2)10-16(13)20(22,23)24)28-14-7-9-29(12-14)18-17(21)4-3-8-26-18;/h3-6,8,10,14H,7,9,11-12H2,1-2H3,(H2,25,27,28);1H. The van der Waals surface area contributed by atoms with Crippen LogP contribution < -0.4 is 20.3 Å². The van der Waals surface area contributed by atoms with Crippen molar-refractivity contribution in [3.63, 3.8) is 0 Å². The van der Waals surface area contributed by atoms with E-state index >= 15 is 0 Å². The number of aliphatic imine (C=N–C) groups is 1. The Balaban J connectivity index is 0.00000341. The van der Waals surface area contributed by atoms with Gasteiger partial charge in [-0.1, -0.05) is 17.7 Å². The van der Waals surface area contributed by atoms with Crippen molar-refractivity contribution in [2.75, 3.05) is 32.1 Å². The van der Waals surface area contributed by atoms with E-state index in [0.29, 0.717) is 17.5 Å². The largest absolute Gasteiger partial charge is 0.497 e. The van der Waals surface area contributed by atoms with Gasteiger partial charge in [-0.25, -0.2) is 4.98 Å². The molecule has 2 N–H and O–H groups in total. The number of aromatic nitrogens is 1. The summed E-state index contributed by atoms with van der Waals surface area (Å²) in [5.41, 5.74) is -0.624. The minimum atomic E-state index is -4.48. The third-order valence-corrected chi connectivity index (χ3v) is 5.16. The predicted molar refractivity (Wildman–Crippen MR) is 127 cm³/mol. The molecule has 6 nitrogen and oxygen atoms in total. The lowest BCUT2D eigenvalue weighted by Gasteiger charge is -2.21. The normalized spacial score (nSPS) is 16.6. The second kappa shape index (κ2) is 11.1. The van der Waals surface area contributed by atoms with Gasteiger partial charge < -0.3 is 20.3 Å². The second-order valence-corrected chi connectivity index (χ2v) is 7.24. The van der Waals surface area contributed by atoms with Crippen LogP contribution in [0.2, 0.25) is 5.02 Å². The van der Waals surface area contributed by atoms with Crippen LogP contribution in [0.5, 0.6) is 5.75 Å². The number of pyridine rings is 1. The van der Waals surface area contributed by atoms with Gasteiger partial charge in [-0.3, -0.25) is 4.99 Å². The number of methoxy groups -OCH3 is 1. The van der Waals surface area contributed by atoms with Gasteiger partial charge in [-0.05, 0) is 36.2 Å². The number of ether oxygens (including phenoxy) is 1. The third kappa shape index (κ3) is 6.52. The molecule has 1 fully saturated rings. The van der Waals surface area contributed by atoms with Gasteiger partial charge in [0.05, 0.1) is 17.7 Å². The number of guanidine groups is 1. The van der Waals surface area contributed by atoms with Crippen LogP contribution in [-0.2, 0) is 12.7 Å². The van der Waals surface area contributed by atoms with Gasteiger partial charge in [0.25, 0.3) is 0 Å². The lowest BCUT2D eigenvalue weighted by atomic mass is 10.1. The number of rotatable bonds is 5. The highest BCUT2D eigenvalue weighted by Crippen LogP contribution is 2.34. The van der Waals surface area contributed by atoms with E-state index < -0.39 is 11.7 Å². The molecule has 2 heterocycles. The molecule has 31 heavy (non-hydrogen) atoms. The Morgan fingerprint density at radius 2 is 2.13 bits per heavy atom. The zero-order valence-corrected chi connectivity index (χ0v) is 20.1. The van der Waals surface area contributed by atoms with E-state index in [2.05, 4.69) is 25.5 Å². The van der Waals surface area contributed by atoms with Crippen molar-refractivity contribution >= 4 is 47.4 Å². The molecule has 3 rings (SSSR count). The monoisotopic (exact) mass is 569 g/mol. The molecule has 1 saturated heterocycles. The molecule has 170 valence electrons. The van der Waals surface area contributed by atoms with Crippen molar-refractivity contribution in [3.05, 3.63) is 52.7 Å². The quantitative estimate of drug-likeness (QED) is 0.319. The Hall–Kier alpha value is -1.95. The first-order chi connectivity index (χ1) is 14.3. The lowest BCUT2D eigenvalue weighted by Crippen LogP contribution is -2.44. The van der Waals surface area contributed by atoms with Crippen LogP contribution in [0.3, 0.4) is 0 Å². The summed E-state index contributed by atoms with van der Waals surface area (Å²) in [5, 5.41) is 6.81. The third-order valence-electron chi connectivity index (χ3n) is 4.86. The molecule has 0 amide bonds. The number of hydrogen-bond acceptors (Lipinski definition) is 4. The van der Waals surface area contributed by atoms with Gasteiger partial charge in [0.2, 0.25) is 0 Å². The smallest absolute Gasteiger partial charge is 0.416 e. The van der Waals surface area contributed by atoms with Crippen LogP contribution in [-0.4, -0.2) is 44.2 Å². The van der Waals surface area contributed by atoms with Crippen LogP contribution >= 0.6 is 35.6 Å². The van der Waals surface area contributed by atoms with Crippen molar-refractivity contribution in [1.29, 1.82) is 0 Å². The molecule has 1 aliphatic rings. The number of benzene rings is 1. The highest BCUT2D eigenvalue weighted by Gasteiger charge is 2.34. The minimum Gasteiger partial charge on any atom is -0.497 e. The Morgan fingerprint density at radius 3 is 2.77 bits per heavy atom. The van der Waals surface area contributed by atoms with E-state index in [1.165, 1.54) is 19.2 Å². The first-order valence-electron chi connectivity index (χ1n) is 9.38. The zero-order valence-electron chi connectivity index (χ0n) is 17.0.